The first kappa shape index (κ1) is 21.4. The Morgan fingerprint density at radius 1 is 1.26 bits per heavy atom. The van der Waals surface area contributed by atoms with E-state index in [2.05, 4.69) is 12.2 Å². The predicted octanol–water partition coefficient (Wildman–Crippen LogP) is 1.63. The maximum absolute atomic E-state index is 12.6. The van der Waals surface area contributed by atoms with Gasteiger partial charge < -0.3 is 15.0 Å². The molecule has 27 heavy (non-hydrogen) atoms. The summed E-state index contributed by atoms with van der Waals surface area (Å²) in [6.07, 6.45) is 3.53. The van der Waals surface area contributed by atoms with Gasteiger partial charge in [-0.05, 0) is 37.0 Å². The van der Waals surface area contributed by atoms with E-state index in [4.69, 9.17) is 4.74 Å². The van der Waals surface area contributed by atoms with E-state index in [1.807, 2.05) is 12.1 Å². The number of sulfone groups is 1. The van der Waals surface area contributed by atoms with Crippen LogP contribution in [0, 0.1) is 0 Å². The Bertz CT molecular complexity index is 746. The Morgan fingerprint density at radius 3 is 2.52 bits per heavy atom. The number of carbonyl (C=O) groups is 2. The highest BCUT2D eigenvalue weighted by Crippen LogP contribution is 2.19. The lowest BCUT2D eigenvalue weighted by Gasteiger charge is -2.27. The van der Waals surface area contributed by atoms with Crippen molar-refractivity contribution < 1.29 is 22.7 Å². The molecule has 1 aromatic carbocycles. The average molecular weight is 397 g/mol. The summed E-state index contributed by atoms with van der Waals surface area (Å²) in [5.41, 5.74) is 1.72. The molecule has 1 saturated heterocycles. The maximum atomic E-state index is 12.6. The van der Waals surface area contributed by atoms with Gasteiger partial charge in [0.15, 0.2) is 9.84 Å². The lowest BCUT2D eigenvalue weighted by molar-refractivity contribution is -0.144. The van der Waals surface area contributed by atoms with Gasteiger partial charge in [-0.25, -0.2) is 8.42 Å². The summed E-state index contributed by atoms with van der Waals surface area (Å²) in [4.78, 5) is 26.3. The maximum Gasteiger partial charge on any atom is 0.313 e. The number of carbonyl (C=O) groups excluding carboxylic acids is 2. The highest BCUT2D eigenvalue weighted by atomic mass is 32.2. The van der Waals surface area contributed by atoms with Crippen LogP contribution in [0.25, 0.3) is 0 Å². The number of ether oxygens (including phenoxy) is 1. The molecule has 1 unspecified atom stereocenters. The van der Waals surface area contributed by atoms with Crippen LogP contribution in [0.4, 0.5) is 5.69 Å². The number of benzene rings is 1. The van der Waals surface area contributed by atoms with Gasteiger partial charge in [0.05, 0.1) is 18.1 Å². The third-order valence-corrected chi connectivity index (χ3v) is 6.42. The van der Waals surface area contributed by atoms with E-state index >= 15 is 0 Å². The van der Waals surface area contributed by atoms with Crippen molar-refractivity contribution in [2.24, 2.45) is 0 Å². The monoisotopic (exact) mass is 396 g/mol. The molecule has 0 spiro atoms. The van der Waals surface area contributed by atoms with E-state index < -0.39 is 27.7 Å². The van der Waals surface area contributed by atoms with Crippen LogP contribution in [0.5, 0.6) is 0 Å². The number of hydrogen-bond donors (Lipinski definition) is 1. The van der Waals surface area contributed by atoms with Crippen molar-refractivity contribution in [3.05, 3.63) is 29.8 Å². The third kappa shape index (κ3) is 6.32. The molecule has 0 bridgehead atoms. The van der Waals surface area contributed by atoms with Gasteiger partial charge in [-0.2, -0.15) is 0 Å². The Morgan fingerprint density at radius 2 is 1.96 bits per heavy atom. The molecule has 1 aliphatic heterocycles. The topological polar surface area (TPSA) is 92.8 Å². The first-order chi connectivity index (χ1) is 12.9. The summed E-state index contributed by atoms with van der Waals surface area (Å²) in [5, 5.41) is 2.61. The van der Waals surface area contributed by atoms with Crippen molar-refractivity contribution >= 4 is 27.3 Å². The minimum atomic E-state index is -3.16. The van der Waals surface area contributed by atoms with Crippen LogP contribution in [0.15, 0.2) is 24.3 Å². The fraction of sp³-hybridized carbons (Fsp3) is 0.579. The van der Waals surface area contributed by atoms with Crippen LogP contribution >= 0.6 is 0 Å². The van der Waals surface area contributed by atoms with Gasteiger partial charge in [0.2, 0.25) is 0 Å². The summed E-state index contributed by atoms with van der Waals surface area (Å²) >= 11 is 0. The molecule has 150 valence electrons. The summed E-state index contributed by atoms with van der Waals surface area (Å²) < 4.78 is 28.5. The second-order valence-electron chi connectivity index (χ2n) is 6.80. The van der Waals surface area contributed by atoms with Crippen LogP contribution in [0.3, 0.4) is 0 Å². The molecule has 2 rings (SSSR count). The smallest absolute Gasteiger partial charge is 0.313 e. The van der Waals surface area contributed by atoms with Crippen molar-refractivity contribution in [1.29, 1.82) is 0 Å². The molecule has 1 fully saturated rings. The molecular weight excluding hydrogens is 368 g/mol. The number of amides is 2. The van der Waals surface area contributed by atoms with Crippen LogP contribution in [0.2, 0.25) is 0 Å². The minimum absolute atomic E-state index is 0.0370. The van der Waals surface area contributed by atoms with Crippen LogP contribution < -0.4 is 5.32 Å². The van der Waals surface area contributed by atoms with Crippen LogP contribution in [-0.4, -0.2) is 62.9 Å². The van der Waals surface area contributed by atoms with Crippen molar-refractivity contribution in [3.63, 3.8) is 0 Å². The number of unbranched alkanes of at least 4 members (excludes halogenated alkanes) is 1. The zero-order chi connectivity index (χ0) is 19.9. The zero-order valence-electron chi connectivity index (χ0n) is 15.9. The molecular formula is C19H28N2O5S. The van der Waals surface area contributed by atoms with E-state index in [0.717, 1.165) is 19.3 Å². The number of rotatable bonds is 8. The molecule has 0 radical (unpaired) electrons. The molecule has 0 aliphatic carbocycles. The lowest BCUT2D eigenvalue weighted by Crippen LogP contribution is -2.47. The Hall–Kier alpha value is -1.93. The molecule has 1 N–H and O–H groups in total. The number of aryl methyl sites for hydroxylation is 1. The Balaban J connectivity index is 2.02. The SMILES string of the molecule is CCCCc1ccc(NC(=O)C(=O)N(CCOC)C2CCS(=O)(=O)C2)cc1. The molecule has 8 heteroatoms. The summed E-state index contributed by atoms with van der Waals surface area (Å²) in [5.74, 6) is -1.57. The van der Waals surface area contributed by atoms with Gasteiger partial charge in [-0.15, -0.1) is 0 Å². The van der Waals surface area contributed by atoms with E-state index in [1.165, 1.54) is 17.6 Å². The number of nitrogens with one attached hydrogen (secondary N) is 1. The molecule has 2 amide bonds. The standard InChI is InChI=1S/C19H28N2O5S/c1-3-4-5-15-6-8-16(9-7-15)20-18(22)19(23)21(11-12-26-2)17-10-13-27(24,25)14-17/h6-9,17H,3-5,10-14H2,1-2H3,(H,20,22). The van der Waals surface area contributed by atoms with E-state index in [-0.39, 0.29) is 24.7 Å². The van der Waals surface area contributed by atoms with E-state index in [0.29, 0.717) is 12.1 Å². The fourth-order valence-electron chi connectivity index (χ4n) is 3.11. The largest absolute Gasteiger partial charge is 0.383 e. The fourth-order valence-corrected chi connectivity index (χ4v) is 4.84. The average Bonchev–Trinajstić information content (AvgIpc) is 3.00. The summed E-state index contributed by atoms with van der Waals surface area (Å²) in [7, 11) is -1.67. The predicted molar refractivity (Wildman–Crippen MR) is 104 cm³/mol. The normalized spacial score (nSPS) is 18.2. The van der Waals surface area contributed by atoms with Gasteiger partial charge in [-0.3, -0.25) is 9.59 Å². The molecule has 1 heterocycles. The van der Waals surface area contributed by atoms with Crippen molar-refractivity contribution in [2.45, 2.75) is 38.6 Å². The summed E-state index contributed by atoms with van der Waals surface area (Å²) in [6.45, 7) is 2.55. The second kappa shape index (κ2) is 9.85. The van der Waals surface area contributed by atoms with Crippen molar-refractivity contribution in [2.75, 3.05) is 37.1 Å². The minimum Gasteiger partial charge on any atom is -0.383 e. The highest BCUT2D eigenvalue weighted by Gasteiger charge is 2.36. The second-order valence-corrected chi connectivity index (χ2v) is 9.03. The van der Waals surface area contributed by atoms with E-state index in [9.17, 15) is 18.0 Å². The van der Waals surface area contributed by atoms with Crippen molar-refractivity contribution in [3.8, 4) is 0 Å². The van der Waals surface area contributed by atoms with E-state index in [1.54, 1.807) is 12.1 Å². The molecule has 7 nitrogen and oxygen atoms in total. The first-order valence-corrected chi connectivity index (χ1v) is 11.1. The number of anilines is 1. The quantitative estimate of drug-likeness (QED) is 0.674. The van der Waals surface area contributed by atoms with Gasteiger partial charge >= 0.3 is 11.8 Å². The van der Waals surface area contributed by atoms with Gasteiger partial charge in [-0.1, -0.05) is 25.5 Å². The Kier molecular flexibility index (Phi) is 7.79. The molecule has 0 saturated carbocycles. The molecule has 1 atom stereocenters. The number of methoxy groups -OCH3 is 1. The van der Waals surface area contributed by atoms with Gasteiger partial charge in [0, 0.05) is 25.4 Å². The molecule has 0 aromatic heterocycles. The first-order valence-electron chi connectivity index (χ1n) is 9.26. The molecule has 1 aliphatic rings. The zero-order valence-corrected chi connectivity index (χ0v) is 16.8. The van der Waals surface area contributed by atoms with Gasteiger partial charge in [0.1, 0.15) is 0 Å². The lowest BCUT2D eigenvalue weighted by atomic mass is 10.1. The van der Waals surface area contributed by atoms with Crippen LogP contribution in [-0.2, 0) is 30.6 Å². The number of hydrogen-bond acceptors (Lipinski definition) is 5. The Labute approximate surface area is 161 Å². The van der Waals surface area contributed by atoms with Gasteiger partial charge in [0.25, 0.3) is 0 Å². The third-order valence-electron chi connectivity index (χ3n) is 4.67. The summed E-state index contributed by atoms with van der Waals surface area (Å²) in [6, 6.07) is 6.93. The van der Waals surface area contributed by atoms with Crippen molar-refractivity contribution in [1.82, 2.24) is 4.90 Å². The number of nitrogens with zero attached hydrogens (tertiary/aromatic N) is 1. The highest BCUT2D eigenvalue weighted by molar-refractivity contribution is 7.91. The van der Waals surface area contributed by atoms with Crippen LogP contribution in [0.1, 0.15) is 31.7 Å². The molecule has 1 aromatic rings.